The fourth-order valence-electron chi connectivity index (χ4n) is 2.72. The summed E-state index contributed by atoms with van der Waals surface area (Å²) in [6.07, 6.45) is 0. The quantitative estimate of drug-likeness (QED) is 0.701. The van der Waals surface area contributed by atoms with Crippen LogP contribution in [-0.2, 0) is 6.54 Å². The number of aromatic amines is 1. The van der Waals surface area contributed by atoms with Crippen LogP contribution in [0.1, 0.15) is 15.9 Å². The third kappa shape index (κ3) is 2.66. The molecule has 126 valence electrons. The smallest absolute Gasteiger partial charge is 0.335 e. The molecule has 0 fully saturated rings. The Kier molecular flexibility index (Phi) is 3.54. The molecule has 0 radical (unpaired) electrons. The minimum Gasteiger partial charge on any atom is -0.478 e. The van der Waals surface area contributed by atoms with Gasteiger partial charge in [-0.2, -0.15) is 0 Å². The van der Waals surface area contributed by atoms with E-state index in [-0.39, 0.29) is 29.2 Å². The van der Waals surface area contributed by atoms with Gasteiger partial charge < -0.3 is 19.6 Å². The number of rotatable bonds is 3. The molecule has 0 bridgehead atoms. The molecule has 4 rings (SSSR count). The van der Waals surface area contributed by atoms with Crippen molar-refractivity contribution in [3.63, 3.8) is 0 Å². The number of ether oxygens (including phenoxy) is 2. The van der Waals surface area contributed by atoms with E-state index in [0.717, 1.165) is 5.56 Å². The van der Waals surface area contributed by atoms with Crippen LogP contribution in [0.25, 0.3) is 10.9 Å². The number of fused-ring (bicyclic) bond motifs is 2. The molecule has 0 amide bonds. The van der Waals surface area contributed by atoms with Crippen molar-refractivity contribution >= 4 is 29.1 Å². The first-order chi connectivity index (χ1) is 12.0. The van der Waals surface area contributed by atoms with Gasteiger partial charge in [-0.05, 0) is 36.0 Å². The number of aromatic carboxylic acids is 1. The lowest BCUT2D eigenvalue weighted by Gasteiger charge is -2.09. The summed E-state index contributed by atoms with van der Waals surface area (Å²) in [5.74, 6) is 0.0924. The van der Waals surface area contributed by atoms with E-state index >= 15 is 0 Å². The lowest BCUT2D eigenvalue weighted by molar-refractivity contribution is 0.0697. The first-order valence-corrected chi connectivity index (χ1v) is 7.82. The third-order valence-electron chi connectivity index (χ3n) is 4.02. The van der Waals surface area contributed by atoms with E-state index in [2.05, 4.69) is 4.98 Å². The van der Waals surface area contributed by atoms with Gasteiger partial charge in [0.2, 0.25) is 6.79 Å². The Labute approximate surface area is 146 Å². The van der Waals surface area contributed by atoms with Gasteiger partial charge in [0.25, 0.3) is 5.56 Å². The molecular weight excluding hydrogens is 344 g/mol. The second kappa shape index (κ2) is 5.75. The van der Waals surface area contributed by atoms with Gasteiger partial charge in [-0.1, -0.05) is 12.1 Å². The van der Waals surface area contributed by atoms with Crippen LogP contribution in [0.3, 0.4) is 0 Å². The molecule has 8 heteroatoms. The third-order valence-corrected chi connectivity index (χ3v) is 4.34. The molecule has 2 N–H and O–H groups in total. The predicted octanol–water partition coefficient (Wildman–Crippen LogP) is 2.53. The van der Waals surface area contributed by atoms with E-state index in [1.165, 1.54) is 16.7 Å². The van der Waals surface area contributed by atoms with E-state index in [9.17, 15) is 9.59 Å². The van der Waals surface area contributed by atoms with Crippen molar-refractivity contribution in [1.82, 2.24) is 9.55 Å². The molecule has 0 atom stereocenters. The Morgan fingerprint density at radius 2 is 1.88 bits per heavy atom. The van der Waals surface area contributed by atoms with Crippen molar-refractivity contribution in [2.75, 3.05) is 6.79 Å². The van der Waals surface area contributed by atoms with Gasteiger partial charge in [0.1, 0.15) is 0 Å². The van der Waals surface area contributed by atoms with Gasteiger partial charge in [-0.15, -0.1) is 0 Å². The summed E-state index contributed by atoms with van der Waals surface area (Å²) >= 11 is 5.30. The second-order valence-corrected chi connectivity index (χ2v) is 5.96. The minimum absolute atomic E-state index is 0.122. The van der Waals surface area contributed by atoms with E-state index in [4.69, 9.17) is 26.8 Å². The molecule has 0 aliphatic carbocycles. The molecule has 0 unspecified atom stereocenters. The zero-order chi connectivity index (χ0) is 17.6. The number of H-pyrrole nitrogens is 1. The van der Waals surface area contributed by atoms with Gasteiger partial charge in [0.15, 0.2) is 16.3 Å². The number of nitrogens with zero attached hydrogens (tertiary/aromatic N) is 1. The predicted molar refractivity (Wildman–Crippen MR) is 92.0 cm³/mol. The first kappa shape index (κ1) is 15.4. The highest BCUT2D eigenvalue weighted by Gasteiger charge is 2.17. The molecule has 0 spiro atoms. The van der Waals surface area contributed by atoms with Crippen molar-refractivity contribution in [1.29, 1.82) is 0 Å². The van der Waals surface area contributed by atoms with Crippen LogP contribution in [-0.4, -0.2) is 27.4 Å². The Morgan fingerprint density at radius 1 is 1.20 bits per heavy atom. The largest absolute Gasteiger partial charge is 0.478 e. The summed E-state index contributed by atoms with van der Waals surface area (Å²) < 4.78 is 12.3. The normalized spacial score (nSPS) is 12.5. The van der Waals surface area contributed by atoms with Gasteiger partial charge in [0.05, 0.1) is 23.0 Å². The van der Waals surface area contributed by atoms with E-state index in [1.807, 2.05) is 0 Å². The van der Waals surface area contributed by atoms with Crippen LogP contribution in [0.5, 0.6) is 11.5 Å². The number of carboxylic acid groups (broad SMARTS) is 1. The van der Waals surface area contributed by atoms with Crippen LogP contribution in [0.2, 0.25) is 0 Å². The van der Waals surface area contributed by atoms with Crippen molar-refractivity contribution in [2.24, 2.45) is 0 Å². The Morgan fingerprint density at radius 3 is 2.56 bits per heavy atom. The SMILES string of the molecule is O=C(O)c1ccc(Cn2c(=S)[nH]c3cc4c(cc3c2=O)OCO4)cc1. The van der Waals surface area contributed by atoms with Crippen LogP contribution in [0.15, 0.2) is 41.2 Å². The maximum atomic E-state index is 12.8. The molecule has 1 aliphatic heterocycles. The molecular formula is C17H12N2O5S. The van der Waals surface area contributed by atoms with E-state index < -0.39 is 5.97 Å². The van der Waals surface area contributed by atoms with Crippen molar-refractivity contribution in [3.8, 4) is 11.5 Å². The van der Waals surface area contributed by atoms with Crippen LogP contribution in [0.4, 0.5) is 0 Å². The molecule has 25 heavy (non-hydrogen) atoms. The average molecular weight is 356 g/mol. The molecule has 2 aromatic carbocycles. The van der Waals surface area contributed by atoms with Crippen molar-refractivity contribution in [3.05, 3.63) is 62.6 Å². The molecule has 0 saturated heterocycles. The Balaban J connectivity index is 1.79. The van der Waals surface area contributed by atoms with Crippen molar-refractivity contribution < 1.29 is 19.4 Å². The first-order valence-electron chi connectivity index (χ1n) is 7.41. The lowest BCUT2D eigenvalue weighted by Crippen LogP contribution is -2.22. The zero-order valence-electron chi connectivity index (χ0n) is 12.8. The van der Waals surface area contributed by atoms with Crippen LogP contribution >= 0.6 is 12.2 Å². The fourth-order valence-corrected chi connectivity index (χ4v) is 2.98. The Bertz CT molecular complexity index is 1110. The number of nitrogens with one attached hydrogen (secondary N) is 1. The molecule has 1 aromatic heterocycles. The molecule has 2 heterocycles. The van der Waals surface area contributed by atoms with E-state index in [0.29, 0.717) is 22.4 Å². The maximum Gasteiger partial charge on any atom is 0.335 e. The van der Waals surface area contributed by atoms with Crippen LogP contribution in [0, 0.1) is 4.77 Å². The minimum atomic E-state index is -0.997. The fraction of sp³-hybridized carbons (Fsp3) is 0.118. The maximum absolute atomic E-state index is 12.8. The van der Waals surface area contributed by atoms with Gasteiger partial charge >= 0.3 is 5.97 Å². The topological polar surface area (TPSA) is 93.6 Å². The summed E-state index contributed by atoms with van der Waals surface area (Å²) in [6, 6.07) is 9.64. The molecule has 7 nitrogen and oxygen atoms in total. The van der Waals surface area contributed by atoms with Crippen LogP contribution < -0.4 is 15.0 Å². The van der Waals surface area contributed by atoms with Gasteiger partial charge in [0, 0.05) is 6.07 Å². The second-order valence-electron chi connectivity index (χ2n) is 5.57. The summed E-state index contributed by atoms with van der Waals surface area (Å²) in [7, 11) is 0. The number of carbonyl (C=O) groups is 1. The number of hydrogen-bond donors (Lipinski definition) is 2. The summed E-state index contributed by atoms with van der Waals surface area (Å²) in [4.78, 5) is 26.8. The van der Waals surface area contributed by atoms with Gasteiger partial charge in [-0.25, -0.2) is 4.79 Å². The average Bonchev–Trinajstić information content (AvgIpc) is 3.05. The number of aromatic nitrogens is 2. The zero-order valence-corrected chi connectivity index (χ0v) is 13.6. The molecule has 3 aromatic rings. The highest BCUT2D eigenvalue weighted by atomic mass is 32.1. The molecule has 0 saturated carbocycles. The number of carboxylic acids is 1. The molecule has 1 aliphatic rings. The number of hydrogen-bond acceptors (Lipinski definition) is 5. The Hall–Kier alpha value is -3.13. The highest BCUT2D eigenvalue weighted by Crippen LogP contribution is 2.34. The summed E-state index contributed by atoms with van der Waals surface area (Å²) in [5, 5.41) is 9.39. The summed E-state index contributed by atoms with van der Waals surface area (Å²) in [6.45, 7) is 0.356. The summed E-state index contributed by atoms with van der Waals surface area (Å²) in [5.41, 5.74) is 1.29. The van der Waals surface area contributed by atoms with Crippen molar-refractivity contribution in [2.45, 2.75) is 6.54 Å². The monoisotopic (exact) mass is 356 g/mol. The van der Waals surface area contributed by atoms with E-state index in [1.54, 1.807) is 24.3 Å². The standard InChI is InChI=1S/C17H12N2O5S/c20-15-11-5-13-14(24-8-23-13)6-12(11)18-17(25)19(15)7-9-1-3-10(4-2-9)16(21)22/h1-6H,7-8H2,(H,18,25)(H,21,22). The number of benzene rings is 2. The lowest BCUT2D eigenvalue weighted by atomic mass is 10.1. The van der Waals surface area contributed by atoms with Gasteiger partial charge in [-0.3, -0.25) is 9.36 Å². The highest BCUT2D eigenvalue weighted by molar-refractivity contribution is 7.71.